The zero-order valence-corrected chi connectivity index (χ0v) is 14.6. The van der Waals surface area contributed by atoms with E-state index in [0.29, 0.717) is 17.5 Å². The van der Waals surface area contributed by atoms with Crippen LogP contribution in [0, 0.1) is 0 Å². The summed E-state index contributed by atoms with van der Waals surface area (Å²) >= 11 is 1.30. The van der Waals surface area contributed by atoms with Gasteiger partial charge >= 0.3 is 0 Å². The fraction of sp³-hybridized carbons (Fsp3) is 0.600. The van der Waals surface area contributed by atoms with Gasteiger partial charge in [-0.1, -0.05) is 25.6 Å². The van der Waals surface area contributed by atoms with Crippen molar-refractivity contribution in [3.63, 3.8) is 0 Å². The quantitative estimate of drug-likeness (QED) is 0.751. The van der Waals surface area contributed by atoms with Crippen molar-refractivity contribution < 1.29 is 9.53 Å². The molecule has 1 saturated heterocycles. The molecule has 3 rings (SSSR count). The predicted molar refractivity (Wildman–Crippen MR) is 90.4 cm³/mol. The number of carbonyl (C=O) groups excluding carboxylic acids is 1. The summed E-state index contributed by atoms with van der Waals surface area (Å²) in [5.74, 6) is 0.708. The van der Waals surface area contributed by atoms with E-state index in [-0.39, 0.29) is 29.2 Å². The molecule has 1 unspecified atom stereocenters. The third-order valence-corrected chi connectivity index (χ3v) is 4.81. The van der Waals surface area contributed by atoms with Crippen molar-refractivity contribution in [3.05, 3.63) is 22.1 Å². The molecule has 0 aromatic carbocycles. The molecule has 0 spiro atoms. The highest BCUT2D eigenvalue weighted by Crippen LogP contribution is 2.21. The van der Waals surface area contributed by atoms with Crippen molar-refractivity contribution in [3.8, 4) is 0 Å². The molecule has 9 heteroatoms. The number of ether oxygens (including phenoxy) is 1. The highest BCUT2D eigenvalue weighted by atomic mass is 32.2. The van der Waals surface area contributed by atoms with E-state index in [4.69, 9.17) is 4.74 Å². The Balaban J connectivity index is 1.66. The number of aromatic amines is 1. The maximum Gasteiger partial charge on any atom is 0.252 e. The third-order valence-electron chi connectivity index (χ3n) is 3.88. The summed E-state index contributed by atoms with van der Waals surface area (Å²) in [6.45, 7) is 5.32. The Labute approximate surface area is 143 Å². The zero-order valence-electron chi connectivity index (χ0n) is 13.7. The molecule has 2 N–H and O–H groups in total. The number of carbonyl (C=O) groups is 1. The SMILES string of the molecule is CC(C)c1cc(=O)[nH]c2nnc(SCC(=O)NCC3CCCO3)n12. The molecular weight excluding hydrogens is 330 g/mol. The van der Waals surface area contributed by atoms with Gasteiger partial charge in [0.15, 0.2) is 5.16 Å². The number of nitrogens with one attached hydrogen (secondary N) is 2. The highest BCUT2D eigenvalue weighted by Gasteiger charge is 2.18. The predicted octanol–water partition coefficient (Wildman–Crippen LogP) is 0.928. The zero-order chi connectivity index (χ0) is 17.1. The fourth-order valence-electron chi connectivity index (χ4n) is 2.66. The molecule has 1 amide bonds. The summed E-state index contributed by atoms with van der Waals surface area (Å²) in [6.07, 6.45) is 2.18. The Bertz CT molecular complexity index is 779. The Hall–Kier alpha value is -1.87. The minimum Gasteiger partial charge on any atom is -0.376 e. The van der Waals surface area contributed by atoms with E-state index < -0.39 is 0 Å². The minimum atomic E-state index is -0.204. The van der Waals surface area contributed by atoms with Crippen LogP contribution in [0.4, 0.5) is 0 Å². The molecule has 2 aromatic rings. The van der Waals surface area contributed by atoms with E-state index in [0.717, 1.165) is 25.1 Å². The van der Waals surface area contributed by atoms with Gasteiger partial charge in [0.05, 0.1) is 11.9 Å². The number of hydrogen-bond acceptors (Lipinski definition) is 6. The minimum absolute atomic E-state index is 0.0669. The normalized spacial score (nSPS) is 17.7. The van der Waals surface area contributed by atoms with Gasteiger partial charge in [-0.3, -0.25) is 19.0 Å². The van der Waals surface area contributed by atoms with Crippen LogP contribution in [0.15, 0.2) is 16.0 Å². The molecule has 0 saturated carbocycles. The first-order valence-electron chi connectivity index (χ1n) is 8.04. The lowest BCUT2D eigenvalue weighted by molar-refractivity contribution is -0.119. The van der Waals surface area contributed by atoms with Crippen molar-refractivity contribution in [1.82, 2.24) is 24.9 Å². The second kappa shape index (κ2) is 7.35. The number of thioether (sulfide) groups is 1. The first kappa shape index (κ1) is 17.0. The second-order valence-electron chi connectivity index (χ2n) is 6.08. The van der Waals surface area contributed by atoms with E-state index in [2.05, 4.69) is 20.5 Å². The van der Waals surface area contributed by atoms with Gasteiger partial charge in [-0.15, -0.1) is 10.2 Å². The molecule has 8 nitrogen and oxygen atoms in total. The summed E-state index contributed by atoms with van der Waals surface area (Å²) in [7, 11) is 0. The van der Waals surface area contributed by atoms with Crippen LogP contribution in [0.25, 0.3) is 5.78 Å². The fourth-order valence-corrected chi connectivity index (χ4v) is 3.44. The average Bonchev–Trinajstić information content (AvgIpc) is 3.19. The summed E-state index contributed by atoms with van der Waals surface area (Å²) in [5, 5.41) is 11.6. The van der Waals surface area contributed by atoms with Gasteiger partial charge in [0.25, 0.3) is 5.56 Å². The molecular formula is C15H21N5O3S. The van der Waals surface area contributed by atoms with Gasteiger partial charge in [0.2, 0.25) is 11.7 Å². The lowest BCUT2D eigenvalue weighted by atomic mass is 10.1. The maximum absolute atomic E-state index is 12.0. The van der Waals surface area contributed by atoms with Crippen molar-refractivity contribution in [2.24, 2.45) is 0 Å². The number of H-pyrrole nitrogens is 1. The van der Waals surface area contributed by atoms with Crippen molar-refractivity contribution in [2.75, 3.05) is 18.9 Å². The van der Waals surface area contributed by atoms with Crippen LogP contribution < -0.4 is 10.9 Å². The monoisotopic (exact) mass is 351 g/mol. The van der Waals surface area contributed by atoms with Crippen molar-refractivity contribution in [2.45, 2.75) is 43.9 Å². The molecule has 0 radical (unpaired) electrons. The third kappa shape index (κ3) is 3.78. The van der Waals surface area contributed by atoms with Gasteiger partial charge in [-0.05, 0) is 18.8 Å². The van der Waals surface area contributed by atoms with Crippen LogP contribution in [0.1, 0.15) is 38.3 Å². The molecule has 24 heavy (non-hydrogen) atoms. The second-order valence-corrected chi connectivity index (χ2v) is 7.03. The number of hydrogen-bond donors (Lipinski definition) is 2. The molecule has 130 valence electrons. The summed E-state index contributed by atoms with van der Waals surface area (Å²) < 4.78 is 7.28. The first-order chi connectivity index (χ1) is 11.5. The maximum atomic E-state index is 12.0. The van der Waals surface area contributed by atoms with Gasteiger partial charge in [0, 0.05) is 24.9 Å². The van der Waals surface area contributed by atoms with Crippen LogP contribution in [0.3, 0.4) is 0 Å². The van der Waals surface area contributed by atoms with Crippen LogP contribution in [-0.4, -0.2) is 50.5 Å². The number of amides is 1. The molecule has 1 aliphatic rings. The lowest BCUT2D eigenvalue weighted by Gasteiger charge is -2.11. The van der Waals surface area contributed by atoms with Gasteiger partial charge in [-0.25, -0.2) is 0 Å². The molecule has 2 aromatic heterocycles. The highest BCUT2D eigenvalue weighted by molar-refractivity contribution is 7.99. The smallest absolute Gasteiger partial charge is 0.252 e. The molecule has 1 aliphatic heterocycles. The Morgan fingerprint density at radius 3 is 3.08 bits per heavy atom. The van der Waals surface area contributed by atoms with Gasteiger partial charge < -0.3 is 10.1 Å². The van der Waals surface area contributed by atoms with Crippen LogP contribution in [0.5, 0.6) is 0 Å². The molecule has 1 atom stereocenters. The van der Waals surface area contributed by atoms with E-state index in [1.807, 2.05) is 13.8 Å². The number of rotatable bonds is 6. The number of fused-ring (bicyclic) bond motifs is 1. The average molecular weight is 351 g/mol. The van der Waals surface area contributed by atoms with Crippen LogP contribution in [-0.2, 0) is 9.53 Å². The number of nitrogens with zero attached hydrogens (tertiary/aromatic N) is 3. The largest absolute Gasteiger partial charge is 0.376 e. The Kier molecular flexibility index (Phi) is 5.20. The van der Waals surface area contributed by atoms with Crippen LogP contribution >= 0.6 is 11.8 Å². The lowest BCUT2D eigenvalue weighted by Crippen LogP contribution is -2.32. The van der Waals surface area contributed by atoms with Gasteiger partial charge in [0.1, 0.15) is 0 Å². The van der Waals surface area contributed by atoms with E-state index in [9.17, 15) is 9.59 Å². The van der Waals surface area contributed by atoms with Crippen molar-refractivity contribution in [1.29, 1.82) is 0 Å². The van der Waals surface area contributed by atoms with E-state index >= 15 is 0 Å². The van der Waals surface area contributed by atoms with E-state index in [1.165, 1.54) is 11.8 Å². The Morgan fingerprint density at radius 2 is 2.38 bits per heavy atom. The summed E-state index contributed by atoms with van der Waals surface area (Å²) in [6, 6.07) is 1.54. The molecule has 0 bridgehead atoms. The Morgan fingerprint density at radius 1 is 1.54 bits per heavy atom. The molecule has 1 fully saturated rings. The van der Waals surface area contributed by atoms with Gasteiger partial charge in [-0.2, -0.15) is 0 Å². The topological polar surface area (TPSA) is 101 Å². The standard InChI is InChI=1S/C15H21N5O3S/c1-9(2)11-6-12(21)17-14-18-19-15(20(11)14)24-8-13(22)16-7-10-4-3-5-23-10/h6,9-10H,3-5,7-8H2,1-2H3,(H,16,22)(H,17,18,21). The molecule has 3 heterocycles. The van der Waals surface area contributed by atoms with Crippen molar-refractivity contribution >= 4 is 23.4 Å². The first-order valence-corrected chi connectivity index (χ1v) is 9.02. The molecule has 0 aliphatic carbocycles. The number of aromatic nitrogens is 4. The summed E-state index contributed by atoms with van der Waals surface area (Å²) in [5.41, 5.74) is 0.616. The van der Waals surface area contributed by atoms with E-state index in [1.54, 1.807) is 10.5 Å². The van der Waals surface area contributed by atoms with Crippen LogP contribution in [0.2, 0.25) is 0 Å². The summed E-state index contributed by atoms with van der Waals surface area (Å²) in [4.78, 5) is 26.3.